The average molecular weight is 254 g/mol. The summed E-state index contributed by atoms with van der Waals surface area (Å²) in [5.41, 5.74) is 12.2. The van der Waals surface area contributed by atoms with Gasteiger partial charge in [0.25, 0.3) is 0 Å². The van der Waals surface area contributed by atoms with Gasteiger partial charge in [0.1, 0.15) is 0 Å². The van der Waals surface area contributed by atoms with Crippen LogP contribution in [0.15, 0.2) is 12.1 Å². The van der Waals surface area contributed by atoms with E-state index < -0.39 is 6.29 Å². The highest BCUT2D eigenvalue weighted by molar-refractivity contribution is 5.69. The van der Waals surface area contributed by atoms with E-state index >= 15 is 0 Å². The summed E-state index contributed by atoms with van der Waals surface area (Å²) in [5.74, 6) is 0.879. The molecule has 0 bridgehead atoms. The largest absolute Gasteiger partial charge is 0.493 e. The van der Waals surface area contributed by atoms with E-state index in [1.165, 1.54) is 7.11 Å². The van der Waals surface area contributed by atoms with Gasteiger partial charge in [-0.15, -0.1) is 0 Å². The van der Waals surface area contributed by atoms with Crippen LogP contribution in [0.3, 0.4) is 0 Å². The van der Waals surface area contributed by atoms with E-state index in [1.54, 1.807) is 12.1 Å². The lowest BCUT2D eigenvalue weighted by Gasteiger charge is -2.17. The summed E-state index contributed by atoms with van der Waals surface area (Å²) >= 11 is 0. The van der Waals surface area contributed by atoms with Crippen LogP contribution in [0.5, 0.6) is 11.5 Å². The lowest BCUT2D eigenvalue weighted by atomic mass is 10.2. The molecule has 0 fully saturated rings. The number of methoxy groups -OCH3 is 1. The van der Waals surface area contributed by atoms with Crippen LogP contribution in [-0.4, -0.2) is 18.5 Å². The fraction of sp³-hybridized carbons (Fsp3) is 0.538. The second-order valence-corrected chi connectivity index (χ2v) is 4.20. The summed E-state index contributed by atoms with van der Waals surface area (Å²) in [6.45, 7) is 2.11. The van der Waals surface area contributed by atoms with Crippen molar-refractivity contribution in [2.75, 3.05) is 18.6 Å². The number of unbranched alkanes of at least 4 members (excludes halogenated alkanes) is 2. The highest BCUT2D eigenvalue weighted by atomic mass is 16.6. The topological polar surface area (TPSA) is 90.7 Å². The lowest BCUT2D eigenvalue weighted by Crippen LogP contribution is -2.16. The fourth-order valence-electron chi connectivity index (χ4n) is 1.62. The van der Waals surface area contributed by atoms with Crippen LogP contribution in [0.2, 0.25) is 0 Å². The molecule has 5 nitrogen and oxygen atoms in total. The summed E-state index contributed by atoms with van der Waals surface area (Å²) in [7, 11) is 1.52. The Kier molecular flexibility index (Phi) is 5.58. The number of benzene rings is 1. The summed E-state index contributed by atoms with van der Waals surface area (Å²) in [4.78, 5) is 0. The molecule has 5 heteroatoms. The van der Waals surface area contributed by atoms with Gasteiger partial charge in [0, 0.05) is 18.6 Å². The Balaban J connectivity index is 2.68. The van der Waals surface area contributed by atoms with Gasteiger partial charge in [-0.2, -0.15) is 0 Å². The predicted molar refractivity (Wildman–Crippen MR) is 72.6 cm³/mol. The number of rotatable bonds is 7. The zero-order valence-electron chi connectivity index (χ0n) is 11.0. The second kappa shape index (κ2) is 6.96. The van der Waals surface area contributed by atoms with E-state index in [0.717, 1.165) is 19.3 Å². The third kappa shape index (κ3) is 4.00. The van der Waals surface area contributed by atoms with Crippen LogP contribution in [0, 0.1) is 0 Å². The van der Waals surface area contributed by atoms with Gasteiger partial charge < -0.3 is 26.0 Å². The van der Waals surface area contributed by atoms with Crippen molar-refractivity contribution in [2.24, 2.45) is 0 Å². The molecule has 102 valence electrons. The maximum atomic E-state index is 9.76. The Morgan fingerprint density at radius 3 is 2.33 bits per heavy atom. The fourth-order valence-corrected chi connectivity index (χ4v) is 1.62. The molecule has 0 heterocycles. The average Bonchev–Trinajstić information content (AvgIpc) is 2.34. The van der Waals surface area contributed by atoms with Crippen molar-refractivity contribution in [1.29, 1.82) is 0 Å². The summed E-state index contributed by atoms with van der Waals surface area (Å²) in [5, 5.41) is 9.76. The van der Waals surface area contributed by atoms with Crippen molar-refractivity contribution in [3.8, 4) is 11.5 Å². The molecule has 5 N–H and O–H groups in total. The first kappa shape index (κ1) is 14.4. The number of hydrogen-bond acceptors (Lipinski definition) is 5. The summed E-state index contributed by atoms with van der Waals surface area (Å²) in [6.07, 6.45) is 2.83. The predicted octanol–water partition coefficient (Wildman–Crippen LogP) is 2.14. The standard InChI is InChI=1S/C13H22N2O3/c1-3-4-5-6-13(16)18-12-8-10(15)9(14)7-11(12)17-2/h7-8,13,16H,3-6,14-15H2,1-2H3. The van der Waals surface area contributed by atoms with Gasteiger partial charge in [-0.3, -0.25) is 0 Å². The Hall–Kier alpha value is -1.62. The van der Waals surface area contributed by atoms with Crippen molar-refractivity contribution in [3.63, 3.8) is 0 Å². The first-order valence-corrected chi connectivity index (χ1v) is 6.16. The first-order chi connectivity index (χ1) is 8.58. The van der Waals surface area contributed by atoms with E-state index in [-0.39, 0.29) is 0 Å². The molecule has 1 aromatic carbocycles. The van der Waals surface area contributed by atoms with E-state index in [0.29, 0.717) is 29.3 Å². The molecule has 0 aliphatic heterocycles. The van der Waals surface area contributed by atoms with Crippen LogP contribution in [0.1, 0.15) is 32.6 Å². The maximum absolute atomic E-state index is 9.76. The molecule has 1 atom stereocenters. The van der Waals surface area contributed by atoms with E-state index in [4.69, 9.17) is 20.9 Å². The van der Waals surface area contributed by atoms with Crippen molar-refractivity contribution in [2.45, 2.75) is 38.9 Å². The number of ether oxygens (including phenoxy) is 2. The second-order valence-electron chi connectivity index (χ2n) is 4.20. The van der Waals surface area contributed by atoms with Gasteiger partial charge in [-0.1, -0.05) is 19.8 Å². The molecule has 0 saturated heterocycles. The monoisotopic (exact) mass is 254 g/mol. The molecular formula is C13H22N2O3. The van der Waals surface area contributed by atoms with E-state index in [2.05, 4.69) is 6.92 Å². The van der Waals surface area contributed by atoms with Gasteiger partial charge in [0.2, 0.25) is 0 Å². The Labute approximate surface area is 108 Å². The van der Waals surface area contributed by atoms with Crippen LogP contribution in [0.25, 0.3) is 0 Å². The Bertz CT molecular complexity index is 383. The third-order valence-electron chi connectivity index (χ3n) is 2.69. The van der Waals surface area contributed by atoms with Gasteiger partial charge in [0.05, 0.1) is 18.5 Å². The SMILES string of the molecule is CCCCCC(O)Oc1cc(N)c(N)cc1OC. The maximum Gasteiger partial charge on any atom is 0.197 e. The number of aliphatic hydroxyl groups excluding tert-OH is 1. The number of hydrogen-bond donors (Lipinski definition) is 3. The van der Waals surface area contributed by atoms with Gasteiger partial charge >= 0.3 is 0 Å². The molecule has 1 unspecified atom stereocenters. The number of aliphatic hydroxyl groups is 1. The van der Waals surface area contributed by atoms with E-state index in [1.807, 2.05) is 0 Å². The minimum Gasteiger partial charge on any atom is -0.493 e. The van der Waals surface area contributed by atoms with Crippen molar-refractivity contribution in [3.05, 3.63) is 12.1 Å². The summed E-state index contributed by atoms with van der Waals surface area (Å²) in [6, 6.07) is 3.15. The highest BCUT2D eigenvalue weighted by Gasteiger charge is 2.12. The van der Waals surface area contributed by atoms with Crippen molar-refractivity contribution >= 4 is 11.4 Å². The molecule has 0 aromatic heterocycles. The molecular weight excluding hydrogens is 232 g/mol. The molecule has 0 aliphatic rings. The zero-order chi connectivity index (χ0) is 13.5. The number of nitrogens with two attached hydrogens (primary N) is 2. The molecule has 0 saturated carbocycles. The molecule has 1 rings (SSSR count). The smallest absolute Gasteiger partial charge is 0.197 e. The zero-order valence-corrected chi connectivity index (χ0v) is 11.0. The minimum atomic E-state index is -0.853. The third-order valence-corrected chi connectivity index (χ3v) is 2.69. The number of anilines is 2. The first-order valence-electron chi connectivity index (χ1n) is 6.16. The highest BCUT2D eigenvalue weighted by Crippen LogP contribution is 2.34. The Morgan fingerprint density at radius 1 is 1.17 bits per heavy atom. The van der Waals surface area contributed by atoms with Crippen LogP contribution < -0.4 is 20.9 Å². The normalized spacial score (nSPS) is 12.2. The molecule has 0 spiro atoms. The van der Waals surface area contributed by atoms with E-state index in [9.17, 15) is 5.11 Å². The molecule has 0 radical (unpaired) electrons. The Morgan fingerprint density at radius 2 is 1.78 bits per heavy atom. The van der Waals surface area contributed by atoms with Crippen LogP contribution >= 0.6 is 0 Å². The van der Waals surface area contributed by atoms with Gasteiger partial charge in [-0.25, -0.2) is 0 Å². The van der Waals surface area contributed by atoms with Gasteiger partial charge in [-0.05, 0) is 6.42 Å². The lowest BCUT2D eigenvalue weighted by molar-refractivity contribution is -0.0259. The minimum absolute atomic E-state index is 0.409. The molecule has 18 heavy (non-hydrogen) atoms. The van der Waals surface area contributed by atoms with Crippen LogP contribution in [-0.2, 0) is 0 Å². The van der Waals surface area contributed by atoms with Gasteiger partial charge in [0.15, 0.2) is 17.8 Å². The van der Waals surface area contributed by atoms with Crippen LogP contribution in [0.4, 0.5) is 11.4 Å². The van der Waals surface area contributed by atoms with Crippen molar-refractivity contribution in [1.82, 2.24) is 0 Å². The molecule has 1 aromatic rings. The molecule has 0 amide bonds. The summed E-state index contributed by atoms with van der Waals surface area (Å²) < 4.78 is 10.5. The number of nitrogen functional groups attached to an aromatic ring is 2. The van der Waals surface area contributed by atoms with Crippen molar-refractivity contribution < 1.29 is 14.6 Å². The quantitative estimate of drug-likeness (QED) is 0.394. The molecule has 0 aliphatic carbocycles.